The van der Waals surface area contributed by atoms with Gasteiger partial charge in [-0.15, -0.1) is 0 Å². The summed E-state index contributed by atoms with van der Waals surface area (Å²) in [4.78, 5) is 12.9. The van der Waals surface area contributed by atoms with E-state index in [1.165, 1.54) is 12.1 Å². The van der Waals surface area contributed by atoms with E-state index in [1.807, 2.05) is 0 Å². The van der Waals surface area contributed by atoms with E-state index >= 15 is 0 Å². The topological polar surface area (TPSA) is 54.0 Å². The third-order valence-corrected chi connectivity index (χ3v) is 4.90. The fourth-order valence-corrected chi connectivity index (χ4v) is 3.53. The van der Waals surface area contributed by atoms with E-state index in [0.717, 1.165) is 0 Å². The van der Waals surface area contributed by atoms with Crippen LogP contribution in [0.2, 0.25) is 0 Å². The van der Waals surface area contributed by atoms with E-state index in [4.69, 9.17) is 9.47 Å². The lowest BCUT2D eigenvalue weighted by Crippen LogP contribution is -2.05. The fraction of sp³-hybridized carbons (Fsp3) is 0.320. The van der Waals surface area contributed by atoms with E-state index in [2.05, 4.69) is 9.47 Å². The molecule has 34 heavy (non-hydrogen) atoms. The number of rotatable bonds is 10. The first-order valence-corrected chi connectivity index (χ1v) is 10.7. The van der Waals surface area contributed by atoms with Gasteiger partial charge in [0.05, 0.1) is 13.2 Å². The number of benzene rings is 2. The largest absolute Gasteiger partial charge is 0.490 e. The molecule has 2 aromatic carbocycles. The molecule has 0 aromatic heterocycles. The van der Waals surface area contributed by atoms with E-state index in [0.29, 0.717) is 35.1 Å². The van der Waals surface area contributed by atoms with E-state index in [9.17, 15) is 22.4 Å². The number of carbonyl (C=O) groups is 1. The van der Waals surface area contributed by atoms with Crippen LogP contribution in [0.1, 0.15) is 37.8 Å². The van der Waals surface area contributed by atoms with Crippen molar-refractivity contribution >= 4 is 17.9 Å². The number of allylic oxidation sites excluding steroid dienone is 2. The minimum Gasteiger partial charge on any atom is -0.490 e. The fourth-order valence-electron chi connectivity index (χ4n) is 3.53. The molecule has 1 saturated carbocycles. The van der Waals surface area contributed by atoms with Crippen molar-refractivity contribution in [3.05, 3.63) is 58.7 Å². The Morgan fingerprint density at radius 2 is 1.15 bits per heavy atom. The predicted octanol–water partition coefficient (Wildman–Crippen LogP) is 6.52. The molecule has 2 aromatic rings. The molecule has 0 spiro atoms. The Labute approximate surface area is 194 Å². The number of Topliss-reactive ketones (excluding diaryl/α,β-unsaturated/α-hetero) is 1. The Morgan fingerprint density at radius 1 is 0.735 bits per heavy atom. The number of halogens is 4. The van der Waals surface area contributed by atoms with Gasteiger partial charge in [0, 0.05) is 11.1 Å². The van der Waals surface area contributed by atoms with E-state index in [-0.39, 0.29) is 42.0 Å². The zero-order valence-electron chi connectivity index (χ0n) is 18.7. The molecule has 0 saturated heterocycles. The summed E-state index contributed by atoms with van der Waals surface area (Å²) in [6.07, 6.45) is 4.36. The van der Waals surface area contributed by atoms with Crippen LogP contribution in [-0.4, -0.2) is 32.2 Å². The smallest absolute Gasteiger partial charge is 0.387 e. The van der Waals surface area contributed by atoms with Gasteiger partial charge in [0.2, 0.25) is 0 Å². The molecule has 0 aliphatic heterocycles. The summed E-state index contributed by atoms with van der Waals surface area (Å²) in [6.45, 7) is -2.00. The third-order valence-electron chi connectivity index (χ3n) is 4.90. The van der Waals surface area contributed by atoms with Crippen molar-refractivity contribution in [1.82, 2.24) is 0 Å². The summed E-state index contributed by atoms with van der Waals surface area (Å²) in [5.74, 6) is 0.000911. The predicted molar refractivity (Wildman–Crippen MR) is 119 cm³/mol. The molecule has 1 aliphatic carbocycles. The van der Waals surface area contributed by atoms with E-state index < -0.39 is 13.2 Å². The highest BCUT2D eigenvalue weighted by Gasteiger charge is 2.23. The molecule has 182 valence electrons. The standard InChI is InChI=1S/C25H24F4O5/c1-3-31-21-13-15(5-9-19(21)33-24(26)27)11-17-7-8-18(23(17)30)12-16-6-10-20(34-25(28)29)22(14-16)32-4-2/h5-6,9-14,24-25H,3-4,7-8H2,1-2H3/b17-11+,18-12+. The van der Waals surface area contributed by atoms with Gasteiger partial charge in [-0.2, -0.15) is 17.6 Å². The van der Waals surface area contributed by atoms with Gasteiger partial charge in [-0.3, -0.25) is 4.79 Å². The number of ketones is 1. The molecule has 0 N–H and O–H groups in total. The normalized spacial score (nSPS) is 16.1. The number of hydrogen-bond acceptors (Lipinski definition) is 5. The molecule has 0 bridgehead atoms. The monoisotopic (exact) mass is 480 g/mol. The van der Waals surface area contributed by atoms with Crippen LogP contribution in [0.3, 0.4) is 0 Å². The van der Waals surface area contributed by atoms with Gasteiger partial charge in [0.1, 0.15) is 0 Å². The summed E-state index contributed by atoms with van der Waals surface area (Å²) in [5.41, 5.74) is 2.33. The molecule has 0 amide bonds. The van der Waals surface area contributed by atoms with E-state index in [1.54, 1.807) is 50.3 Å². The summed E-state index contributed by atoms with van der Waals surface area (Å²) in [6, 6.07) is 8.96. The van der Waals surface area contributed by atoms with Crippen molar-refractivity contribution in [3.63, 3.8) is 0 Å². The highest BCUT2D eigenvalue weighted by molar-refractivity contribution is 6.15. The molecule has 9 heteroatoms. The van der Waals surface area contributed by atoms with Crippen LogP contribution in [0.5, 0.6) is 23.0 Å². The van der Waals surface area contributed by atoms with Crippen molar-refractivity contribution in [2.75, 3.05) is 13.2 Å². The van der Waals surface area contributed by atoms with Crippen LogP contribution in [0, 0.1) is 0 Å². The molecule has 0 atom stereocenters. The Kier molecular flexibility index (Phi) is 8.56. The quantitative estimate of drug-likeness (QED) is 0.286. The highest BCUT2D eigenvalue weighted by Crippen LogP contribution is 2.35. The minimum absolute atomic E-state index is 0.0818. The van der Waals surface area contributed by atoms with Gasteiger partial charge in [0.25, 0.3) is 0 Å². The molecule has 0 unspecified atom stereocenters. The van der Waals surface area contributed by atoms with Crippen LogP contribution in [0.4, 0.5) is 17.6 Å². The van der Waals surface area contributed by atoms with Crippen LogP contribution in [0.15, 0.2) is 47.5 Å². The summed E-state index contributed by atoms with van der Waals surface area (Å²) < 4.78 is 70.1. The first kappa shape index (κ1) is 25.1. The highest BCUT2D eigenvalue weighted by atomic mass is 19.3. The second-order valence-electron chi connectivity index (χ2n) is 7.20. The van der Waals surface area contributed by atoms with Crippen LogP contribution < -0.4 is 18.9 Å². The molecule has 1 aliphatic rings. The van der Waals surface area contributed by atoms with Gasteiger partial charge >= 0.3 is 13.2 Å². The number of hydrogen-bond donors (Lipinski definition) is 0. The molecular formula is C25H24F4O5. The maximum atomic E-state index is 12.9. The van der Waals surface area contributed by atoms with Crippen LogP contribution >= 0.6 is 0 Å². The maximum Gasteiger partial charge on any atom is 0.387 e. The summed E-state index contributed by atoms with van der Waals surface area (Å²) >= 11 is 0. The molecule has 1 fully saturated rings. The maximum absolute atomic E-state index is 12.9. The summed E-state index contributed by atoms with van der Waals surface area (Å²) in [5, 5.41) is 0. The summed E-state index contributed by atoms with van der Waals surface area (Å²) in [7, 11) is 0. The van der Waals surface area contributed by atoms with Crippen molar-refractivity contribution in [3.8, 4) is 23.0 Å². The van der Waals surface area contributed by atoms with Gasteiger partial charge < -0.3 is 18.9 Å². The number of carbonyl (C=O) groups excluding carboxylic acids is 1. The minimum atomic E-state index is -2.98. The van der Waals surface area contributed by atoms with Gasteiger partial charge in [-0.05, 0) is 74.2 Å². The first-order valence-electron chi connectivity index (χ1n) is 10.7. The Balaban J connectivity index is 1.83. The average molecular weight is 480 g/mol. The average Bonchev–Trinajstić information content (AvgIpc) is 3.11. The molecule has 5 nitrogen and oxygen atoms in total. The van der Waals surface area contributed by atoms with Crippen molar-refractivity contribution < 1.29 is 41.3 Å². The second kappa shape index (κ2) is 11.6. The number of ether oxygens (including phenoxy) is 4. The zero-order chi connectivity index (χ0) is 24.7. The lowest BCUT2D eigenvalue weighted by Gasteiger charge is -2.12. The first-order chi connectivity index (χ1) is 16.3. The zero-order valence-corrected chi connectivity index (χ0v) is 18.7. The Morgan fingerprint density at radius 3 is 1.50 bits per heavy atom. The third kappa shape index (κ3) is 6.52. The SMILES string of the molecule is CCOc1cc(/C=C2\CC/C(=C\c3ccc(OC(F)F)c(OCC)c3)C2=O)ccc1OC(F)F. The van der Waals surface area contributed by atoms with Crippen molar-refractivity contribution in [1.29, 1.82) is 0 Å². The molecular weight excluding hydrogens is 456 g/mol. The van der Waals surface area contributed by atoms with Crippen molar-refractivity contribution in [2.45, 2.75) is 39.9 Å². The second-order valence-corrected chi connectivity index (χ2v) is 7.20. The lowest BCUT2D eigenvalue weighted by atomic mass is 10.1. The molecule has 0 radical (unpaired) electrons. The Hall–Kier alpha value is -3.49. The molecule has 0 heterocycles. The van der Waals surface area contributed by atoms with Gasteiger partial charge in [-0.1, -0.05) is 12.1 Å². The Bertz CT molecular complexity index is 995. The number of alkyl halides is 4. The van der Waals surface area contributed by atoms with Crippen molar-refractivity contribution in [2.24, 2.45) is 0 Å². The van der Waals surface area contributed by atoms with Crippen LogP contribution in [0.25, 0.3) is 12.2 Å². The molecule has 3 rings (SSSR count). The van der Waals surface area contributed by atoms with Gasteiger partial charge in [0.15, 0.2) is 28.8 Å². The van der Waals surface area contributed by atoms with Crippen LogP contribution in [-0.2, 0) is 4.79 Å². The van der Waals surface area contributed by atoms with Gasteiger partial charge in [-0.25, -0.2) is 0 Å². The lowest BCUT2D eigenvalue weighted by molar-refractivity contribution is -0.111.